The van der Waals surface area contributed by atoms with Crippen LogP contribution in [0.4, 0.5) is 0 Å². The van der Waals surface area contributed by atoms with Gasteiger partial charge in [0.25, 0.3) is 0 Å². The zero-order chi connectivity index (χ0) is 15.5. The highest BCUT2D eigenvalue weighted by atomic mass is 32.2. The first-order chi connectivity index (χ1) is 10.0. The zero-order valence-corrected chi connectivity index (χ0v) is 12.3. The molecule has 21 heavy (non-hydrogen) atoms. The van der Waals surface area contributed by atoms with Crippen molar-refractivity contribution in [1.29, 1.82) is 5.26 Å². The first-order valence-corrected chi connectivity index (χ1v) is 7.75. The lowest BCUT2D eigenvalue weighted by molar-refractivity contribution is 0.0600. The summed E-state index contributed by atoms with van der Waals surface area (Å²) in [6.45, 7) is 0.976. The summed E-state index contributed by atoms with van der Waals surface area (Å²) < 4.78 is 31.0. The summed E-state index contributed by atoms with van der Waals surface area (Å²) in [6, 6.07) is 6.83. The van der Waals surface area contributed by atoms with E-state index < -0.39 is 22.0 Å². The zero-order valence-electron chi connectivity index (χ0n) is 11.4. The molecular weight excluding hydrogens is 294 g/mol. The number of nitriles is 1. The molecule has 8 heteroatoms. The highest BCUT2D eigenvalue weighted by molar-refractivity contribution is 7.89. The largest absolute Gasteiger partial charge is 0.465 e. The first kappa shape index (κ1) is 15.4. The average Bonchev–Trinajstić information content (AvgIpc) is 2.54. The van der Waals surface area contributed by atoms with E-state index in [0.717, 1.165) is 4.31 Å². The number of ether oxygens (including phenoxy) is 1. The lowest BCUT2D eigenvalue weighted by Gasteiger charge is -2.30. The number of hydrogen-bond acceptors (Lipinski definition) is 6. The molecule has 7 nitrogen and oxygen atoms in total. The minimum absolute atomic E-state index is 0.0208. The van der Waals surface area contributed by atoms with Crippen molar-refractivity contribution in [2.24, 2.45) is 0 Å². The van der Waals surface area contributed by atoms with E-state index >= 15 is 0 Å². The fourth-order valence-electron chi connectivity index (χ4n) is 2.12. The Morgan fingerprint density at radius 2 is 2.29 bits per heavy atom. The van der Waals surface area contributed by atoms with E-state index in [2.05, 4.69) is 10.1 Å². The second kappa shape index (κ2) is 6.22. The van der Waals surface area contributed by atoms with Gasteiger partial charge in [-0.3, -0.25) is 0 Å². The van der Waals surface area contributed by atoms with Crippen molar-refractivity contribution in [3.8, 4) is 6.07 Å². The molecule has 1 aliphatic rings. The van der Waals surface area contributed by atoms with Crippen LogP contribution in [0.2, 0.25) is 0 Å². The summed E-state index contributed by atoms with van der Waals surface area (Å²) in [4.78, 5) is 11.5. The number of nitrogens with zero attached hydrogens (tertiary/aromatic N) is 2. The van der Waals surface area contributed by atoms with Gasteiger partial charge in [0.1, 0.15) is 6.04 Å². The summed E-state index contributed by atoms with van der Waals surface area (Å²) in [5.74, 6) is -0.607. The second-order valence-corrected chi connectivity index (χ2v) is 6.37. The van der Waals surface area contributed by atoms with E-state index in [1.807, 2.05) is 6.07 Å². The molecule has 1 heterocycles. The summed E-state index contributed by atoms with van der Waals surface area (Å²) in [5, 5.41) is 12.1. The molecule has 0 radical (unpaired) electrons. The van der Waals surface area contributed by atoms with Gasteiger partial charge >= 0.3 is 5.97 Å². The van der Waals surface area contributed by atoms with Gasteiger partial charge in [0.15, 0.2) is 0 Å². The standard InChI is InChI=1S/C13H15N3O4S/c1-20-13(17)10-3-2-4-12(7-10)21(18,19)16-6-5-15-9-11(16)8-14/h2-4,7,11,15H,5-6,9H2,1H3. The molecular formula is C13H15N3O4S. The van der Waals surface area contributed by atoms with E-state index in [1.54, 1.807) is 0 Å². The quantitative estimate of drug-likeness (QED) is 0.787. The summed E-state index contributed by atoms with van der Waals surface area (Å²) in [7, 11) is -2.60. The molecule has 1 aliphatic heterocycles. The maximum atomic E-state index is 12.6. The predicted molar refractivity (Wildman–Crippen MR) is 73.9 cm³/mol. The number of piperazine rings is 1. The number of methoxy groups -OCH3 is 1. The molecule has 1 aromatic rings. The Kier molecular flexibility index (Phi) is 4.57. The van der Waals surface area contributed by atoms with Gasteiger partial charge in [0, 0.05) is 19.6 Å². The SMILES string of the molecule is COC(=O)c1cccc(S(=O)(=O)N2CCNCC2C#N)c1. The van der Waals surface area contributed by atoms with E-state index in [4.69, 9.17) is 5.26 Å². The van der Waals surface area contributed by atoms with Crippen LogP contribution < -0.4 is 5.32 Å². The molecule has 0 bridgehead atoms. The molecule has 1 unspecified atom stereocenters. The molecule has 1 atom stereocenters. The number of carbonyl (C=O) groups excluding carboxylic acids is 1. The van der Waals surface area contributed by atoms with Gasteiger partial charge in [-0.05, 0) is 18.2 Å². The fraction of sp³-hybridized carbons (Fsp3) is 0.385. The van der Waals surface area contributed by atoms with Crippen LogP contribution in [0.3, 0.4) is 0 Å². The second-order valence-electron chi connectivity index (χ2n) is 4.48. The molecule has 2 rings (SSSR count). The number of benzene rings is 1. The lowest BCUT2D eigenvalue weighted by Crippen LogP contribution is -2.52. The fourth-order valence-corrected chi connectivity index (χ4v) is 3.71. The number of sulfonamides is 1. The molecule has 0 spiro atoms. The van der Waals surface area contributed by atoms with Crippen LogP contribution in [0.5, 0.6) is 0 Å². The van der Waals surface area contributed by atoms with Crippen LogP contribution in [0.1, 0.15) is 10.4 Å². The van der Waals surface area contributed by atoms with Crippen molar-refractivity contribution in [1.82, 2.24) is 9.62 Å². The van der Waals surface area contributed by atoms with Gasteiger partial charge in [-0.25, -0.2) is 13.2 Å². The number of carbonyl (C=O) groups is 1. The molecule has 1 fully saturated rings. The van der Waals surface area contributed by atoms with E-state index in [1.165, 1.54) is 31.4 Å². The van der Waals surface area contributed by atoms with E-state index in [9.17, 15) is 13.2 Å². The van der Waals surface area contributed by atoms with Crippen molar-refractivity contribution >= 4 is 16.0 Å². The van der Waals surface area contributed by atoms with Crippen molar-refractivity contribution in [3.05, 3.63) is 29.8 Å². The third kappa shape index (κ3) is 3.05. The van der Waals surface area contributed by atoms with Crippen LogP contribution >= 0.6 is 0 Å². The minimum atomic E-state index is -3.82. The van der Waals surface area contributed by atoms with Gasteiger partial charge in [-0.1, -0.05) is 6.07 Å². The monoisotopic (exact) mass is 309 g/mol. The first-order valence-electron chi connectivity index (χ1n) is 6.31. The highest BCUT2D eigenvalue weighted by Gasteiger charge is 2.33. The molecule has 0 aliphatic carbocycles. The third-order valence-corrected chi connectivity index (χ3v) is 5.11. The molecule has 1 aromatic carbocycles. The Hall–Kier alpha value is -1.95. The maximum absolute atomic E-state index is 12.6. The van der Waals surface area contributed by atoms with Crippen molar-refractivity contribution in [3.63, 3.8) is 0 Å². The normalized spacial score (nSPS) is 19.7. The Morgan fingerprint density at radius 3 is 2.95 bits per heavy atom. The predicted octanol–water partition coefficient (Wildman–Crippen LogP) is -0.0407. The van der Waals surface area contributed by atoms with E-state index in [0.29, 0.717) is 6.54 Å². The van der Waals surface area contributed by atoms with Crippen LogP contribution in [-0.4, -0.2) is 51.5 Å². The van der Waals surface area contributed by atoms with Crippen LogP contribution in [0, 0.1) is 11.3 Å². The maximum Gasteiger partial charge on any atom is 0.337 e. The van der Waals surface area contributed by atoms with Gasteiger partial charge in [-0.2, -0.15) is 9.57 Å². The lowest BCUT2D eigenvalue weighted by atomic mass is 10.2. The summed E-state index contributed by atoms with van der Waals surface area (Å²) >= 11 is 0. The number of esters is 1. The van der Waals surface area contributed by atoms with Crippen LogP contribution in [-0.2, 0) is 14.8 Å². The average molecular weight is 309 g/mol. The molecule has 1 N–H and O–H groups in total. The van der Waals surface area contributed by atoms with Crippen molar-refractivity contribution in [2.75, 3.05) is 26.7 Å². The Labute approximate surface area is 123 Å². The topological polar surface area (TPSA) is 99.5 Å². The van der Waals surface area contributed by atoms with Gasteiger partial charge in [0.05, 0.1) is 23.6 Å². The molecule has 0 aromatic heterocycles. The van der Waals surface area contributed by atoms with Gasteiger partial charge in [-0.15, -0.1) is 0 Å². The van der Waals surface area contributed by atoms with Crippen LogP contribution in [0.15, 0.2) is 29.2 Å². The summed E-state index contributed by atoms with van der Waals surface area (Å²) in [6.07, 6.45) is 0. The van der Waals surface area contributed by atoms with Crippen molar-refractivity contribution < 1.29 is 17.9 Å². The molecule has 112 valence electrons. The highest BCUT2D eigenvalue weighted by Crippen LogP contribution is 2.20. The molecule has 0 amide bonds. The Bertz CT molecular complexity index is 681. The van der Waals surface area contributed by atoms with Crippen LogP contribution in [0.25, 0.3) is 0 Å². The molecule has 1 saturated heterocycles. The molecule has 0 saturated carbocycles. The smallest absolute Gasteiger partial charge is 0.337 e. The Balaban J connectivity index is 2.39. The summed E-state index contributed by atoms with van der Waals surface area (Å²) in [5.41, 5.74) is 0.155. The third-order valence-electron chi connectivity index (χ3n) is 3.21. The van der Waals surface area contributed by atoms with Crippen molar-refractivity contribution in [2.45, 2.75) is 10.9 Å². The van der Waals surface area contributed by atoms with E-state index in [-0.39, 0.29) is 23.5 Å². The Morgan fingerprint density at radius 1 is 1.52 bits per heavy atom. The minimum Gasteiger partial charge on any atom is -0.465 e. The van der Waals surface area contributed by atoms with Gasteiger partial charge < -0.3 is 10.1 Å². The van der Waals surface area contributed by atoms with Gasteiger partial charge in [0.2, 0.25) is 10.0 Å². The number of rotatable bonds is 3. The number of hydrogen-bond donors (Lipinski definition) is 1. The number of nitrogens with one attached hydrogen (secondary N) is 1.